The predicted octanol–water partition coefficient (Wildman–Crippen LogP) is 2.32. The van der Waals surface area contributed by atoms with Crippen molar-refractivity contribution in [3.63, 3.8) is 0 Å². The molecule has 178 valence electrons. The first-order chi connectivity index (χ1) is 14.9. The fourth-order valence-electron chi connectivity index (χ4n) is 7.20. The fourth-order valence-corrected chi connectivity index (χ4v) is 7.20. The van der Waals surface area contributed by atoms with E-state index in [0.29, 0.717) is 32.3 Å². The van der Waals surface area contributed by atoms with Gasteiger partial charge in [-0.2, -0.15) is 0 Å². The van der Waals surface area contributed by atoms with Crippen LogP contribution in [0.2, 0.25) is 0 Å². The van der Waals surface area contributed by atoms with Crippen molar-refractivity contribution in [2.24, 2.45) is 22.7 Å². The van der Waals surface area contributed by atoms with Crippen LogP contribution in [0.1, 0.15) is 60.3 Å². The van der Waals surface area contributed by atoms with Crippen LogP contribution in [0.5, 0.6) is 0 Å². The Kier molecular flexibility index (Phi) is 5.48. The number of rotatable bonds is 3. The average Bonchev–Trinajstić information content (AvgIpc) is 3.34. The van der Waals surface area contributed by atoms with Crippen LogP contribution in [0.25, 0.3) is 0 Å². The highest BCUT2D eigenvalue weighted by Gasteiger charge is 2.74. The number of ketones is 1. The number of carbonyl (C=O) groups is 3. The summed E-state index contributed by atoms with van der Waals surface area (Å²) in [7, 11) is 0. The monoisotopic (exact) mass is 450 g/mol. The average molecular weight is 451 g/mol. The zero-order valence-electron chi connectivity index (χ0n) is 19.5. The highest BCUT2D eigenvalue weighted by molar-refractivity contribution is 5.88. The minimum Gasteiger partial charge on any atom is -0.498 e. The lowest BCUT2D eigenvalue weighted by atomic mass is 9.42. The van der Waals surface area contributed by atoms with Crippen LogP contribution in [0.3, 0.4) is 0 Å². The van der Waals surface area contributed by atoms with Gasteiger partial charge < -0.3 is 24.1 Å². The summed E-state index contributed by atoms with van der Waals surface area (Å²) in [6.45, 7) is 8.74. The Morgan fingerprint density at radius 3 is 2.50 bits per heavy atom. The van der Waals surface area contributed by atoms with Crippen LogP contribution in [-0.4, -0.2) is 59.5 Å². The molecule has 4 aliphatic rings. The van der Waals surface area contributed by atoms with E-state index >= 15 is 0 Å². The number of hydrogen-bond acceptors (Lipinski definition) is 8. The lowest BCUT2D eigenvalue weighted by Crippen LogP contribution is -2.73. The number of ether oxygens (including phenoxy) is 4. The molecule has 3 fully saturated rings. The van der Waals surface area contributed by atoms with Gasteiger partial charge in [0.25, 0.3) is 0 Å². The van der Waals surface area contributed by atoms with Gasteiger partial charge in [-0.05, 0) is 31.8 Å². The molecule has 4 rings (SSSR count). The maximum atomic E-state index is 13.4. The van der Waals surface area contributed by atoms with Crippen molar-refractivity contribution >= 4 is 17.7 Å². The van der Waals surface area contributed by atoms with Crippen molar-refractivity contribution in [3.8, 4) is 0 Å². The van der Waals surface area contributed by atoms with Gasteiger partial charge in [-0.25, -0.2) is 0 Å². The Morgan fingerprint density at radius 2 is 1.91 bits per heavy atom. The van der Waals surface area contributed by atoms with E-state index in [4.69, 9.17) is 18.9 Å². The maximum Gasteiger partial charge on any atom is 0.302 e. The molecular formula is C24H34O8. The van der Waals surface area contributed by atoms with Crippen molar-refractivity contribution in [3.05, 3.63) is 12.3 Å². The van der Waals surface area contributed by atoms with Gasteiger partial charge in [0.05, 0.1) is 11.9 Å². The van der Waals surface area contributed by atoms with E-state index in [-0.39, 0.29) is 12.4 Å². The second-order valence-corrected chi connectivity index (χ2v) is 10.6. The third kappa shape index (κ3) is 3.13. The van der Waals surface area contributed by atoms with Crippen molar-refractivity contribution < 1.29 is 38.4 Å². The molecule has 0 amide bonds. The Morgan fingerprint density at radius 1 is 1.19 bits per heavy atom. The first-order valence-electron chi connectivity index (χ1n) is 11.4. The quantitative estimate of drug-likeness (QED) is 0.653. The highest BCUT2D eigenvalue weighted by Crippen LogP contribution is 2.67. The van der Waals surface area contributed by atoms with Crippen LogP contribution in [-0.2, 0) is 33.3 Å². The van der Waals surface area contributed by atoms with E-state index in [1.807, 2.05) is 19.9 Å². The minimum absolute atomic E-state index is 0.0660. The Labute approximate surface area is 188 Å². The van der Waals surface area contributed by atoms with Crippen molar-refractivity contribution in [1.82, 2.24) is 0 Å². The van der Waals surface area contributed by atoms with E-state index in [0.717, 1.165) is 0 Å². The lowest BCUT2D eigenvalue weighted by molar-refractivity contribution is -0.275. The predicted molar refractivity (Wildman–Crippen MR) is 112 cm³/mol. The molecule has 8 atom stereocenters. The van der Waals surface area contributed by atoms with Crippen molar-refractivity contribution in [2.75, 3.05) is 13.2 Å². The summed E-state index contributed by atoms with van der Waals surface area (Å²) in [5.41, 5.74) is -2.98. The van der Waals surface area contributed by atoms with E-state index in [2.05, 4.69) is 6.92 Å². The molecule has 0 bridgehead atoms. The molecule has 32 heavy (non-hydrogen) atoms. The zero-order chi connectivity index (χ0) is 23.5. The molecule has 1 saturated heterocycles. The molecule has 2 heterocycles. The largest absolute Gasteiger partial charge is 0.498 e. The number of esters is 2. The van der Waals surface area contributed by atoms with Crippen LogP contribution in [0.15, 0.2) is 12.3 Å². The van der Waals surface area contributed by atoms with Gasteiger partial charge in [0.2, 0.25) is 0 Å². The molecule has 0 aromatic rings. The van der Waals surface area contributed by atoms with Crippen LogP contribution >= 0.6 is 0 Å². The molecule has 0 aromatic heterocycles. The summed E-state index contributed by atoms with van der Waals surface area (Å²) >= 11 is 0. The van der Waals surface area contributed by atoms with Gasteiger partial charge in [-0.15, -0.1) is 0 Å². The molecule has 2 saturated carbocycles. The molecule has 2 spiro atoms. The smallest absolute Gasteiger partial charge is 0.302 e. The molecule has 0 radical (unpaired) electrons. The maximum absolute atomic E-state index is 13.4. The van der Waals surface area contributed by atoms with Crippen LogP contribution in [0.4, 0.5) is 0 Å². The third-order valence-corrected chi connectivity index (χ3v) is 8.75. The molecule has 1 N–H and O–H groups in total. The first-order valence-corrected chi connectivity index (χ1v) is 11.4. The Bertz CT molecular complexity index is 853. The summed E-state index contributed by atoms with van der Waals surface area (Å²) in [4.78, 5) is 37.0. The second-order valence-electron chi connectivity index (χ2n) is 10.6. The number of aliphatic hydroxyl groups excluding tert-OH is 1. The summed E-state index contributed by atoms with van der Waals surface area (Å²) in [6, 6.07) is 0. The summed E-state index contributed by atoms with van der Waals surface area (Å²) in [6.07, 6.45) is 4.16. The topological polar surface area (TPSA) is 108 Å². The Balaban J connectivity index is 1.82. The van der Waals surface area contributed by atoms with Crippen molar-refractivity contribution in [1.29, 1.82) is 0 Å². The number of Topliss-reactive ketones (excluding diaryl/α,β-unsaturated/α-hetero) is 1. The van der Waals surface area contributed by atoms with Gasteiger partial charge in [0.15, 0.2) is 5.78 Å². The fraction of sp³-hybridized carbons (Fsp3) is 0.792. The SMILES string of the molecule is CC(=O)OC[C@@]1(C)[C@@H](OC(C)=O)CC[C@@]2(C)[C@@H]1[C@H](O)C(=O)[C@@H](C)[C@]21CC[C@]2(C=COC2)O1. The van der Waals surface area contributed by atoms with Gasteiger partial charge in [-0.1, -0.05) is 20.8 Å². The van der Waals surface area contributed by atoms with Gasteiger partial charge in [0.1, 0.15) is 31.0 Å². The molecule has 0 unspecified atom stereocenters. The van der Waals surface area contributed by atoms with Gasteiger partial charge in [0, 0.05) is 36.5 Å². The lowest BCUT2D eigenvalue weighted by Gasteiger charge is -2.65. The summed E-state index contributed by atoms with van der Waals surface area (Å²) in [5.74, 6) is -2.35. The van der Waals surface area contributed by atoms with Gasteiger partial charge >= 0.3 is 11.9 Å². The number of aliphatic hydroxyl groups is 1. The number of carbonyl (C=O) groups excluding carboxylic acids is 3. The van der Waals surface area contributed by atoms with Crippen LogP contribution in [0, 0.1) is 22.7 Å². The molecule has 2 aliphatic carbocycles. The number of fused-ring (bicyclic) bond motifs is 2. The first kappa shape index (κ1) is 23.2. The Hall–Kier alpha value is -1.93. The highest BCUT2D eigenvalue weighted by atomic mass is 16.6. The minimum atomic E-state index is -1.28. The van der Waals surface area contributed by atoms with Gasteiger partial charge in [-0.3, -0.25) is 14.4 Å². The zero-order valence-corrected chi connectivity index (χ0v) is 19.5. The standard InChI is InChI=1S/C24H34O8/c1-14-18(27)19(28)20-21(4,12-30-15(2)25)17(31-16(3)26)6-7-22(20,5)24(14)9-8-23(32-24)10-11-29-13-23/h10-11,14,17,19-20,28H,6-9,12-13H2,1-5H3/t14-,17+,19-,20-,21+,22+,23-,24-/m1/s1. The van der Waals surface area contributed by atoms with E-state index in [1.165, 1.54) is 13.8 Å². The normalized spacial score (nSPS) is 47.4. The van der Waals surface area contributed by atoms with E-state index in [9.17, 15) is 19.5 Å². The molecule has 0 aromatic carbocycles. The summed E-state index contributed by atoms with van der Waals surface area (Å²) in [5, 5.41) is 11.3. The second kappa shape index (κ2) is 7.55. The van der Waals surface area contributed by atoms with E-state index < -0.39 is 58.0 Å². The summed E-state index contributed by atoms with van der Waals surface area (Å²) < 4.78 is 23.4. The van der Waals surface area contributed by atoms with Crippen molar-refractivity contribution in [2.45, 2.75) is 83.7 Å². The number of hydrogen-bond donors (Lipinski definition) is 1. The van der Waals surface area contributed by atoms with Crippen LogP contribution < -0.4 is 0 Å². The third-order valence-electron chi connectivity index (χ3n) is 8.75. The molecule has 8 heteroatoms. The molecular weight excluding hydrogens is 416 g/mol. The molecule has 2 aliphatic heterocycles. The molecule has 8 nitrogen and oxygen atoms in total. The van der Waals surface area contributed by atoms with E-state index in [1.54, 1.807) is 6.26 Å².